The van der Waals surface area contributed by atoms with Crippen LogP contribution in [-0.4, -0.2) is 60.4 Å². The van der Waals surface area contributed by atoms with E-state index in [1.807, 2.05) is 42.1 Å². The van der Waals surface area contributed by atoms with Crippen LogP contribution in [0.25, 0.3) is 0 Å². The Balaban J connectivity index is 2.15. The van der Waals surface area contributed by atoms with Gasteiger partial charge in [0.2, 0.25) is 0 Å². The highest BCUT2D eigenvalue weighted by molar-refractivity contribution is 7.99. The number of nitrogens with zero attached hydrogens (tertiary/aromatic N) is 2. The summed E-state index contributed by atoms with van der Waals surface area (Å²) in [7, 11) is 4.14. The van der Waals surface area contributed by atoms with Crippen molar-refractivity contribution >= 4 is 17.7 Å². The van der Waals surface area contributed by atoms with E-state index in [0.717, 1.165) is 36.6 Å². The van der Waals surface area contributed by atoms with E-state index in [-0.39, 0.29) is 5.91 Å². The predicted octanol–water partition coefficient (Wildman–Crippen LogP) is 2.20. The second-order valence-electron chi connectivity index (χ2n) is 5.21. The first-order valence-corrected chi connectivity index (χ1v) is 7.92. The Kier molecular flexibility index (Phi) is 5.28. The average molecular weight is 278 g/mol. The van der Waals surface area contributed by atoms with Crippen LogP contribution in [0.2, 0.25) is 0 Å². The number of hydrogen-bond donors (Lipinski definition) is 0. The molecule has 1 aliphatic heterocycles. The summed E-state index contributed by atoms with van der Waals surface area (Å²) < 4.78 is 0. The van der Waals surface area contributed by atoms with Crippen LogP contribution in [-0.2, 0) is 0 Å². The van der Waals surface area contributed by atoms with Gasteiger partial charge >= 0.3 is 0 Å². The molecule has 1 fully saturated rings. The lowest BCUT2D eigenvalue weighted by Crippen LogP contribution is -2.46. The molecule has 1 aliphatic rings. The molecule has 0 radical (unpaired) electrons. The lowest BCUT2D eigenvalue weighted by Gasteiger charge is -2.31. The van der Waals surface area contributed by atoms with E-state index in [1.54, 1.807) is 0 Å². The summed E-state index contributed by atoms with van der Waals surface area (Å²) in [6, 6.07) is 9.95. The second kappa shape index (κ2) is 6.96. The first-order valence-electron chi connectivity index (χ1n) is 6.77. The maximum absolute atomic E-state index is 12.6. The molecule has 1 unspecified atom stereocenters. The maximum atomic E-state index is 12.6. The molecule has 1 amide bonds. The summed E-state index contributed by atoms with van der Waals surface area (Å²) in [5.41, 5.74) is 0.804. The van der Waals surface area contributed by atoms with Crippen LogP contribution in [0.1, 0.15) is 16.8 Å². The van der Waals surface area contributed by atoms with Gasteiger partial charge in [-0.15, -0.1) is 0 Å². The number of amides is 1. The number of likely N-dealkylation sites (N-methyl/N-ethyl adjacent to an activating group) is 1. The zero-order valence-electron chi connectivity index (χ0n) is 11.7. The molecule has 2 rings (SSSR count). The van der Waals surface area contributed by atoms with Crippen molar-refractivity contribution in [2.24, 2.45) is 0 Å². The lowest BCUT2D eigenvalue weighted by atomic mass is 10.1. The minimum atomic E-state index is 0.176. The van der Waals surface area contributed by atoms with E-state index < -0.39 is 0 Å². The molecule has 1 aromatic carbocycles. The fraction of sp³-hybridized carbons (Fsp3) is 0.533. The predicted molar refractivity (Wildman–Crippen MR) is 81.8 cm³/mol. The van der Waals surface area contributed by atoms with Gasteiger partial charge in [0.1, 0.15) is 0 Å². The van der Waals surface area contributed by atoms with Crippen molar-refractivity contribution in [2.45, 2.75) is 12.5 Å². The van der Waals surface area contributed by atoms with Crippen LogP contribution >= 0.6 is 11.8 Å². The average Bonchev–Trinajstić information content (AvgIpc) is 2.64. The zero-order chi connectivity index (χ0) is 13.7. The molecule has 0 spiro atoms. The van der Waals surface area contributed by atoms with Crippen molar-refractivity contribution in [2.75, 3.05) is 38.7 Å². The molecular formula is C15H22N2OS. The highest BCUT2D eigenvalue weighted by Gasteiger charge is 2.26. The molecule has 1 atom stereocenters. The van der Waals surface area contributed by atoms with Gasteiger partial charge in [-0.25, -0.2) is 0 Å². The normalized spacial score (nSPS) is 20.4. The van der Waals surface area contributed by atoms with E-state index >= 15 is 0 Å². The van der Waals surface area contributed by atoms with Crippen molar-refractivity contribution in [3.63, 3.8) is 0 Å². The Morgan fingerprint density at radius 3 is 2.79 bits per heavy atom. The minimum Gasteiger partial charge on any atom is -0.334 e. The van der Waals surface area contributed by atoms with Crippen LogP contribution < -0.4 is 0 Å². The Morgan fingerprint density at radius 2 is 2.11 bits per heavy atom. The molecule has 1 heterocycles. The Labute approximate surface area is 120 Å². The molecule has 0 bridgehead atoms. The van der Waals surface area contributed by atoms with E-state index in [1.165, 1.54) is 0 Å². The highest BCUT2D eigenvalue weighted by Crippen LogP contribution is 2.19. The summed E-state index contributed by atoms with van der Waals surface area (Å²) in [6.07, 6.45) is 1.09. The second-order valence-corrected chi connectivity index (χ2v) is 6.36. The fourth-order valence-electron chi connectivity index (χ4n) is 2.42. The minimum absolute atomic E-state index is 0.176. The van der Waals surface area contributed by atoms with E-state index in [4.69, 9.17) is 0 Å². The molecule has 1 aromatic rings. The molecular weight excluding hydrogens is 256 g/mol. The molecule has 19 heavy (non-hydrogen) atoms. The first kappa shape index (κ1) is 14.4. The van der Waals surface area contributed by atoms with Gasteiger partial charge < -0.3 is 9.80 Å². The zero-order valence-corrected chi connectivity index (χ0v) is 12.5. The standard InChI is InChI=1S/C15H22N2OS/c1-16(2)11-14-12-19-10-6-9-17(14)15(18)13-7-4-3-5-8-13/h3-5,7-8,14H,6,9-12H2,1-2H3. The Hall–Kier alpha value is -1.00. The number of benzene rings is 1. The van der Waals surface area contributed by atoms with Crippen LogP contribution in [0.3, 0.4) is 0 Å². The van der Waals surface area contributed by atoms with Crippen molar-refractivity contribution < 1.29 is 4.79 Å². The molecule has 0 saturated carbocycles. The quantitative estimate of drug-likeness (QED) is 0.847. The summed E-state index contributed by atoms with van der Waals surface area (Å²) >= 11 is 1.96. The van der Waals surface area contributed by atoms with Gasteiger partial charge in [0.05, 0.1) is 6.04 Å². The fourth-order valence-corrected chi connectivity index (χ4v) is 3.47. The van der Waals surface area contributed by atoms with E-state index in [2.05, 4.69) is 23.9 Å². The number of rotatable bonds is 3. The van der Waals surface area contributed by atoms with Gasteiger partial charge in [0, 0.05) is 24.4 Å². The molecule has 0 aromatic heterocycles. The van der Waals surface area contributed by atoms with Gasteiger partial charge in [-0.1, -0.05) is 18.2 Å². The van der Waals surface area contributed by atoms with Crippen LogP contribution in [0.4, 0.5) is 0 Å². The largest absolute Gasteiger partial charge is 0.334 e. The molecule has 104 valence electrons. The third-order valence-corrected chi connectivity index (χ3v) is 4.49. The first-order chi connectivity index (χ1) is 9.18. The van der Waals surface area contributed by atoms with Crippen molar-refractivity contribution in [1.29, 1.82) is 0 Å². The highest BCUT2D eigenvalue weighted by atomic mass is 32.2. The molecule has 3 nitrogen and oxygen atoms in total. The Bertz CT molecular complexity index is 408. The van der Waals surface area contributed by atoms with Gasteiger partial charge in [0.15, 0.2) is 0 Å². The number of thioether (sulfide) groups is 1. The smallest absolute Gasteiger partial charge is 0.254 e. The summed E-state index contributed by atoms with van der Waals surface area (Å²) in [4.78, 5) is 16.9. The molecule has 0 aliphatic carbocycles. The lowest BCUT2D eigenvalue weighted by molar-refractivity contribution is 0.0675. The molecule has 1 saturated heterocycles. The number of carbonyl (C=O) groups is 1. The third-order valence-electron chi connectivity index (χ3n) is 3.30. The van der Waals surface area contributed by atoms with Crippen LogP contribution in [0.5, 0.6) is 0 Å². The monoisotopic (exact) mass is 278 g/mol. The SMILES string of the molecule is CN(C)CC1CSCCCN1C(=O)c1ccccc1. The van der Waals surface area contributed by atoms with Crippen LogP contribution in [0.15, 0.2) is 30.3 Å². The Morgan fingerprint density at radius 1 is 1.37 bits per heavy atom. The van der Waals surface area contributed by atoms with Crippen molar-refractivity contribution in [3.8, 4) is 0 Å². The van der Waals surface area contributed by atoms with Gasteiger partial charge in [0.25, 0.3) is 5.91 Å². The molecule has 4 heteroatoms. The molecule has 0 N–H and O–H groups in total. The van der Waals surface area contributed by atoms with Gasteiger partial charge in [-0.3, -0.25) is 4.79 Å². The van der Waals surface area contributed by atoms with Gasteiger partial charge in [-0.2, -0.15) is 11.8 Å². The van der Waals surface area contributed by atoms with Crippen molar-refractivity contribution in [3.05, 3.63) is 35.9 Å². The van der Waals surface area contributed by atoms with E-state index in [9.17, 15) is 4.79 Å². The van der Waals surface area contributed by atoms with Crippen LogP contribution in [0, 0.1) is 0 Å². The summed E-state index contributed by atoms with van der Waals surface area (Å²) in [5.74, 6) is 2.37. The summed E-state index contributed by atoms with van der Waals surface area (Å²) in [6.45, 7) is 1.81. The summed E-state index contributed by atoms with van der Waals surface area (Å²) in [5, 5.41) is 0. The maximum Gasteiger partial charge on any atom is 0.254 e. The number of hydrogen-bond acceptors (Lipinski definition) is 3. The number of carbonyl (C=O) groups excluding carboxylic acids is 1. The topological polar surface area (TPSA) is 23.6 Å². The third kappa shape index (κ3) is 3.98. The van der Waals surface area contributed by atoms with E-state index in [0.29, 0.717) is 6.04 Å². The van der Waals surface area contributed by atoms with Crippen molar-refractivity contribution in [1.82, 2.24) is 9.80 Å². The van der Waals surface area contributed by atoms with Gasteiger partial charge in [-0.05, 0) is 38.4 Å².